The number of halogens is 1. The molecule has 96 valence electrons. The van der Waals surface area contributed by atoms with Gasteiger partial charge in [-0.1, -0.05) is 34.1 Å². The Bertz CT molecular complexity index is 511. The smallest absolute Gasteiger partial charge is 0.0205 e. The quantitative estimate of drug-likeness (QED) is 0.800. The van der Waals surface area contributed by atoms with Crippen LogP contribution >= 0.6 is 15.9 Å². The van der Waals surface area contributed by atoms with Crippen molar-refractivity contribution in [2.75, 3.05) is 20.1 Å². The molecule has 0 amide bonds. The van der Waals surface area contributed by atoms with Gasteiger partial charge in [-0.15, -0.1) is 0 Å². The molecule has 2 rings (SSSR count). The van der Waals surface area contributed by atoms with Crippen molar-refractivity contribution in [3.63, 3.8) is 0 Å². The first-order valence-electron chi connectivity index (χ1n) is 6.33. The van der Waals surface area contributed by atoms with Gasteiger partial charge in [0.15, 0.2) is 0 Å². The molecule has 0 radical (unpaired) electrons. The molecule has 0 atom stereocenters. The zero-order valence-electron chi connectivity index (χ0n) is 10.7. The highest BCUT2D eigenvalue weighted by Crippen LogP contribution is 2.20. The topological polar surface area (TPSA) is 24.1 Å². The third-order valence-corrected chi connectivity index (χ3v) is 3.47. The molecular weight excluding hydrogens is 288 g/mol. The second kappa shape index (κ2) is 6.88. The molecule has 0 saturated carbocycles. The number of benzene rings is 2. The highest BCUT2D eigenvalue weighted by Gasteiger charge is 1.97. The Morgan fingerprint density at radius 2 is 1.78 bits per heavy atom. The van der Waals surface area contributed by atoms with Crippen LogP contribution in [0.4, 0.5) is 0 Å². The minimum atomic E-state index is 0.940. The lowest BCUT2D eigenvalue weighted by Crippen LogP contribution is -2.19. The first kappa shape index (κ1) is 13.5. The molecule has 0 saturated heterocycles. The second-order valence-corrected chi connectivity index (χ2v) is 5.38. The van der Waals surface area contributed by atoms with Crippen LogP contribution in [0.2, 0.25) is 0 Å². The molecule has 0 aliphatic rings. The van der Waals surface area contributed by atoms with Crippen LogP contribution in [-0.2, 0) is 6.54 Å². The lowest BCUT2D eigenvalue weighted by molar-refractivity contribution is 0.625. The van der Waals surface area contributed by atoms with Crippen molar-refractivity contribution in [1.29, 1.82) is 0 Å². The van der Waals surface area contributed by atoms with Gasteiger partial charge in [0, 0.05) is 11.0 Å². The Balaban J connectivity index is 1.95. The SMILES string of the molecule is CNCCCNCc1ccc2cc(Br)ccc2c1. The highest BCUT2D eigenvalue weighted by atomic mass is 79.9. The van der Waals surface area contributed by atoms with Crippen LogP contribution < -0.4 is 10.6 Å². The van der Waals surface area contributed by atoms with Crippen LogP contribution in [0.5, 0.6) is 0 Å². The summed E-state index contributed by atoms with van der Waals surface area (Å²) in [4.78, 5) is 0. The van der Waals surface area contributed by atoms with E-state index < -0.39 is 0 Å². The van der Waals surface area contributed by atoms with Gasteiger partial charge in [-0.2, -0.15) is 0 Å². The normalized spacial score (nSPS) is 11.0. The van der Waals surface area contributed by atoms with Crippen LogP contribution in [0, 0.1) is 0 Å². The van der Waals surface area contributed by atoms with Gasteiger partial charge in [0.1, 0.15) is 0 Å². The third-order valence-electron chi connectivity index (χ3n) is 2.98. The van der Waals surface area contributed by atoms with E-state index in [9.17, 15) is 0 Å². The Morgan fingerprint density at radius 1 is 1.00 bits per heavy atom. The summed E-state index contributed by atoms with van der Waals surface area (Å²) in [5, 5.41) is 9.19. The van der Waals surface area contributed by atoms with E-state index in [1.54, 1.807) is 0 Å². The summed E-state index contributed by atoms with van der Waals surface area (Å²) in [7, 11) is 1.99. The summed E-state index contributed by atoms with van der Waals surface area (Å²) in [6.45, 7) is 3.06. The van der Waals surface area contributed by atoms with Gasteiger partial charge >= 0.3 is 0 Å². The van der Waals surface area contributed by atoms with E-state index >= 15 is 0 Å². The summed E-state index contributed by atoms with van der Waals surface area (Å²) in [6, 6.07) is 13.0. The molecular formula is C15H19BrN2. The van der Waals surface area contributed by atoms with Crippen LogP contribution in [0.1, 0.15) is 12.0 Å². The van der Waals surface area contributed by atoms with E-state index in [2.05, 4.69) is 63.0 Å². The standard InChI is InChI=1S/C15H19BrN2/c1-17-7-2-8-18-11-12-3-4-14-10-15(16)6-5-13(14)9-12/h3-6,9-10,17-18H,2,7-8,11H2,1H3. The van der Waals surface area contributed by atoms with Gasteiger partial charge in [0.25, 0.3) is 0 Å². The molecule has 2 nitrogen and oxygen atoms in total. The second-order valence-electron chi connectivity index (χ2n) is 4.46. The fourth-order valence-corrected chi connectivity index (χ4v) is 2.38. The maximum Gasteiger partial charge on any atom is 0.0205 e. The number of rotatable bonds is 6. The molecule has 0 aromatic heterocycles. The summed E-state index contributed by atoms with van der Waals surface area (Å²) in [5.74, 6) is 0. The average molecular weight is 307 g/mol. The fraction of sp³-hybridized carbons (Fsp3) is 0.333. The molecule has 2 aromatic rings. The molecule has 0 heterocycles. The maximum absolute atomic E-state index is 3.50. The lowest BCUT2D eigenvalue weighted by Gasteiger charge is -2.06. The van der Waals surface area contributed by atoms with Crippen LogP contribution in [0.15, 0.2) is 40.9 Å². The van der Waals surface area contributed by atoms with Gasteiger partial charge in [0.2, 0.25) is 0 Å². The monoisotopic (exact) mass is 306 g/mol. The zero-order valence-corrected chi connectivity index (χ0v) is 12.3. The number of hydrogen-bond acceptors (Lipinski definition) is 2. The molecule has 0 aliphatic carbocycles. The average Bonchev–Trinajstić information content (AvgIpc) is 2.38. The van der Waals surface area contributed by atoms with Gasteiger partial charge < -0.3 is 10.6 Å². The predicted octanol–water partition coefficient (Wildman–Crippen LogP) is 3.30. The molecule has 0 bridgehead atoms. The van der Waals surface area contributed by atoms with Crippen LogP contribution in [-0.4, -0.2) is 20.1 Å². The minimum Gasteiger partial charge on any atom is -0.320 e. The van der Waals surface area contributed by atoms with Crippen molar-refractivity contribution >= 4 is 26.7 Å². The van der Waals surface area contributed by atoms with Crippen molar-refractivity contribution in [2.24, 2.45) is 0 Å². The molecule has 3 heteroatoms. The van der Waals surface area contributed by atoms with Crippen molar-refractivity contribution < 1.29 is 0 Å². The molecule has 0 fully saturated rings. The molecule has 0 aliphatic heterocycles. The summed E-state index contributed by atoms with van der Waals surface area (Å²) >= 11 is 3.50. The number of nitrogens with one attached hydrogen (secondary N) is 2. The first-order chi connectivity index (χ1) is 8.79. The number of hydrogen-bond donors (Lipinski definition) is 2. The van der Waals surface area contributed by atoms with Crippen molar-refractivity contribution in [2.45, 2.75) is 13.0 Å². The van der Waals surface area contributed by atoms with Crippen molar-refractivity contribution in [3.05, 3.63) is 46.4 Å². The Hall–Kier alpha value is -0.900. The predicted molar refractivity (Wildman–Crippen MR) is 81.9 cm³/mol. The molecule has 18 heavy (non-hydrogen) atoms. The molecule has 2 aromatic carbocycles. The lowest BCUT2D eigenvalue weighted by atomic mass is 10.1. The minimum absolute atomic E-state index is 0.940. The highest BCUT2D eigenvalue weighted by molar-refractivity contribution is 9.10. The molecule has 0 spiro atoms. The van der Waals surface area contributed by atoms with Crippen molar-refractivity contribution in [3.8, 4) is 0 Å². The van der Waals surface area contributed by atoms with Crippen molar-refractivity contribution in [1.82, 2.24) is 10.6 Å². The van der Waals surface area contributed by atoms with Gasteiger partial charge in [-0.05, 0) is 61.1 Å². The van der Waals surface area contributed by atoms with Crippen LogP contribution in [0.25, 0.3) is 10.8 Å². The zero-order chi connectivity index (χ0) is 12.8. The Labute approximate surface area is 117 Å². The summed E-state index contributed by atoms with van der Waals surface area (Å²) < 4.78 is 1.13. The summed E-state index contributed by atoms with van der Waals surface area (Å²) in [6.07, 6.45) is 1.16. The van der Waals surface area contributed by atoms with E-state index in [-0.39, 0.29) is 0 Å². The molecule has 2 N–H and O–H groups in total. The van der Waals surface area contributed by atoms with E-state index in [0.29, 0.717) is 0 Å². The molecule has 0 unspecified atom stereocenters. The van der Waals surface area contributed by atoms with E-state index in [1.807, 2.05) is 7.05 Å². The third kappa shape index (κ3) is 3.80. The van der Waals surface area contributed by atoms with Gasteiger partial charge in [-0.25, -0.2) is 0 Å². The van der Waals surface area contributed by atoms with E-state index in [1.165, 1.54) is 16.3 Å². The van der Waals surface area contributed by atoms with Gasteiger partial charge in [0.05, 0.1) is 0 Å². The Morgan fingerprint density at radius 3 is 2.61 bits per heavy atom. The summed E-state index contributed by atoms with van der Waals surface area (Å²) in [5.41, 5.74) is 1.34. The fourth-order valence-electron chi connectivity index (χ4n) is 2.00. The number of fused-ring (bicyclic) bond motifs is 1. The first-order valence-corrected chi connectivity index (χ1v) is 7.12. The van der Waals surface area contributed by atoms with Crippen LogP contribution in [0.3, 0.4) is 0 Å². The van der Waals surface area contributed by atoms with E-state index in [0.717, 1.165) is 30.5 Å². The largest absolute Gasteiger partial charge is 0.320 e. The Kier molecular flexibility index (Phi) is 5.17. The van der Waals surface area contributed by atoms with Gasteiger partial charge in [-0.3, -0.25) is 0 Å². The van der Waals surface area contributed by atoms with E-state index in [4.69, 9.17) is 0 Å². The maximum atomic E-state index is 3.50.